The minimum Gasteiger partial charge on any atom is -0.481 e. The van der Waals surface area contributed by atoms with Crippen LogP contribution in [0.15, 0.2) is 64.0 Å². The number of hydrogen-bond donors (Lipinski definition) is 9. The zero-order chi connectivity index (χ0) is 64.6. The van der Waals surface area contributed by atoms with Gasteiger partial charge in [-0.1, -0.05) is 44.2 Å². The summed E-state index contributed by atoms with van der Waals surface area (Å²) < 4.78 is 5.45. The molecule has 4 atom stereocenters. The molecule has 7 aromatic heterocycles. The molecule has 0 radical (unpaired) electrons. The summed E-state index contributed by atoms with van der Waals surface area (Å²) in [5, 5.41) is 56.8. The third-order valence-corrected chi connectivity index (χ3v) is 20.7. The number of carboxylic acids is 2. The minimum atomic E-state index is -1.30. The molecule has 1 aromatic carbocycles. The van der Waals surface area contributed by atoms with E-state index in [0.29, 0.717) is 94.4 Å². The molecule has 1 aliphatic heterocycles. The number of aryl methyl sites for hydroxylation is 1. The number of nitrogens with zero attached hydrogens (tertiary/aromatic N) is 8. The molecule has 32 heteroatoms. The largest absolute Gasteiger partial charge is 0.481 e. The van der Waals surface area contributed by atoms with Gasteiger partial charge >= 0.3 is 18.0 Å². The number of benzene rings is 1. The number of carbonyl (C=O) groups is 8. The number of aromatic nitrogens is 7. The van der Waals surface area contributed by atoms with Crippen LogP contribution in [0.25, 0.3) is 43.4 Å². The summed E-state index contributed by atoms with van der Waals surface area (Å²) in [5.41, 5.74) is 2.43. The van der Waals surface area contributed by atoms with E-state index in [0.717, 1.165) is 34.0 Å². The van der Waals surface area contributed by atoms with Crippen LogP contribution in [0.2, 0.25) is 0 Å². The number of rotatable bonds is 15. The highest BCUT2D eigenvalue weighted by Crippen LogP contribution is 2.41. The number of aliphatic hydroxyl groups is 1. The molecular weight excluding hydrogens is 1290 g/mol. The molecule has 8 heterocycles. The molecule has 2 aliphatic rings. The van der Waals surface area contributed by atoms with E-state index in [4.69, 9.17) is 39.6 Å². The molecule has 0 saturated heterocycles. The van der Waals surface area contributed by atoms with Gasteiger partial charge in [0.15, 0.2) is 0 Å². The Morgan fingerprint density at radius 1 is 0.703 bits per heavy atom. The quantitative estimate of drug-likeness (QED) is 0.0463. The van der Waals surface area contributed by atoms with Crippen molar-refractivity contribution in [2.75, 3.05) is 32.6 Å². The number of hydrogen-bond acceptors (Lipinski definition) is 23. The van der Waals surface area contributed by atoms with Gasteiger partial charge in [-0.15, -0.1) is 68.0 Å². The summed E-state index contributed by atoms with van der Waals surface area (Å²) in [5.74, 6) is -5.47. The van der Waals surface area contributed by atoms with E-state index in [2.05, 4.69) is 31.9 Å². The summed E-state index contributed by atoms with van der Waals surface area (Å²) in [6, 6.07) is 8.48. The smallest absolute Gasteiger partial charge is 0.323 e. The van der Waals surface area contributed by atoms with Crippen molar-refractivity contribution in [1.82, 2.24) is 66.4 Å². The lowest BCUT2D eigenvalue weighted by Gasteiger charge is -2.35. The average Bonchev–Trinajstić information content (AvgIpc) is 1.75. The average molecular weight is 1350 g/mol. The van der Waals surface area contributed by atoms with Crippen molar-refractivity contribution < 1.29 is 58.4 Å². The second kappa shape index (κ2) is 29.3. The molecule has 1 fully saturated rings. The molecular formula is C59H62N14O12S6. The fraction of sp³-hybridized carbons (Fsp3) is 0.373. The van der Waals surface area contributed by atoms with E-state index < -0.39 is 84.2 Å². The van der Waals surface area contributed by atoms with Crippen LogP contribution in [-0.2, 0) is 30.5 Å². The van der Waals surface area contributed by atoms with Crippen LogP contribution in [0.1, 0.15) is 145 Å². The number of ether oxygens (including phenoxy) is 1. The molecule has 1 aliphatic carbocycles. The van der Waals surface area contributed by atoms with Gasteiger partial charge in [0.1, 0.15) is 82.2 Å². The van der Waals surface area contributed by atoms with Crippen LogP contribution in [0, 0.1) is 18.8 Å². The Morgan fingerprint density at radius 3 is 2.13 bits per heavy atom. The molecule has 9 N–H and O–H groups in total. The number of thiazole rings is 6. The third kappa shape index (κ3) is 15.5. The van der Waals surface area contributed by atoms with Gasteiger partial charge in [0.2, 0.25) is 11.8 Å². The summed E-state index contributed by atoms with van der Waals surface area (Å²) in [6.45, 7) is 5.03. The Hall–Kier alpha value is -8.37. The number of carbonyl (C=O) groups excluding carboxylic acids is 6. The number of methoxy groups -OCH3 is 1. The molecule has 7 amide bonds. The van der Waals surface area contributed by atoms with Crippen LogP contribution in [0.3, 0.4) is 0 Å². The summed E-state index contributed by atoms with van der Waals surface area (Å²) >= 11 is 7.03. The maximum Gasteiger partial charge on any atom is 0.323 e. The van der Waals surface area contributed by atoms with Crippen LogP contribution < -0.4 is 31.9 Å². The number of aliphatic carboxylic acids is 2. The fourth-order valence-corrected chi connectivity index (χ4v) is 15.8. The molecule has 10 bridgehead atoms. The van der Waals surface area contributed by atoms with E-state index in [9.17, 15) is 53.7 Å². The molecule has 26 nitrogen and oxygen atoms in total. The topological polar surface area (TPSA) is 372 Å². The maximum absolute atomic E-state index is 14.4. The monoisotopic (exact) mass is 1350 g/mol. The van der Waals surface area contributed by atoms with E-state index in [-0.39, 0.29) is 72.3 Å². The van der Waals surface area contributed by atoms with Crippen LogP contribution in [0.4, 0.5) is 10.6 Å². The Kier molecular flexibility index (Phi) is 21.1. The van der Waals surface area contributed by atoms with E-state index in [1.165, 1.54) is 48.2 Å². The Labute approximate surface area is 544 Å². The Bertz CT molecular complexity index is 4000. The van der Waals surface area contributed by atoms with Crippen LogP contribution in [0.5, 0.6) is 0 Å². The van der Waals surface area contributed by atoms with Crippen molar-refractivity contribution in [2.24, 2.45) is 11.8 Å². The molecule has 0 spiro atoms. The highest BCUT2D eigenvalue weighted by molar-refractivity contribution is 7.15. The van der Waals surface area contributed by atoms with Gasteiger partial charge in [-0.25, -0.2) is 39.7 Å². The van der Waals surface area contributed by atoms with Gasteiger partial charge in [-0.05, 0) is 62.6 Å². The lowest BCUT2D eigenvalue weighted by molar-refractivity contribution is -0.143. The Balaban J connectivity index is 1.02. The van der Waals surface area contributed by atoms with E-state index >= 15 is 0 Å². The molecule has 476 valence electrons. The summed E-state index contributed by atoms with van der Waals surface area (Å²) in [4.78, 5) is 143. The van der Waals surface area contributed by atoms with E-state index in [1.54, 1.807) is 75.8 Å². The highest BCUT2D eigenvalue weighted by atomic mass is 32.1. The number of amides is 7. The lowest BCUT2D eigenvalue weighted by Crippen LogP contribution is -2.45. The SMILES string of the molecule is CNC(=O)C[C@@H]1NC(=O)c2csc(n2)-c2ccc(-c3nc(NC(=O)N(CCCC(=O)O)[C@H]4CC[C@H](C(=O)O)CC4)cs3)nc2-c2csc(n2)-c2csc(n2)[C@H]([C@@H](O)c2ccccc2)NC(=O)CNC(=O)c2nc(sc2COC)C(C(C)C)NC(=O)c2nc1sc2C. The van der Waals surface area contributed by atoms with Gasteiger partial charge in [0.05, 0.1) is 48.1 Å². The number of anilines is 1. The summed E-state index contributed by atoms with van der Waals surface area (Å²) in [6.07, 6.45) is 0.0938. The molecule has 8 aromatic rings. The predicted molar refractivity (Wildman–Crippen MR) is 343 cm³/mol. The van der Waals surface area contributed by atoms with Gasteiger partial charge in [0.25, 0.3) is 17.7 Å². The van der Waals surface area contributed by atoms with Gasteiger partial charge in [-0.3, -0.25) is 38.9 Å². The molecule has 91 heavy (non-hydrogen) atoms. The van der Waals surface area contributed by atoms with Crippen molar-refractivity contribution in [3.8, 4) is 43.4 Å². The maximum atomic E-state index is 14.4. The van der Waals surface area contributed by atoms with Crippen molar-refractivity contribution in [1.29, 1.82) is 0 Å². The van der Waals surface area contributed by atoms with Gasteiger partial charge in [-0.2, -0.15) is 0 Å². The number of nitrogens with one attached hydrogen (secondary N) is 6. The number of fused-ring (bicyclic) bond motifs is 14. The Morgan fingerprint density at radius 2 is 1.41 bits per heavy atom. The normalized spacial score (nSPS) is 18.5. The van der Waals surface area contributed by atoms with Crippen molar-refractivity contribution in [3.05, 3.63) is 111 Å². The highest BCUT2D eigenvalue weighted by Gasteiger charge is 2.35. The third-order valence-electron chi connectivity index (χ3n) is 15.0. The van der Waals surface area contributed by atoms with Crippen molar-refractivity contribution in [2.45, 2.75) is 103 Å². The number of aliphatic hydroxyl groups excluding tert-OH is 1. The first kappa shape index (κ1) is 65.6. The number of urea groups is 1. The van der Waals surface area contributed by atoms with E-state index in [1.807, 2.05) is 13.8 Å². The number of pyridine rings is 1. The molecule has 10 rings (SSSR count). The first-order valence-electron chi connectivity index (χ1n) is 28.7. The zero-order valence-electron chi connectivity index (χ0n) is 49.5. The first-order valence-corrected chi connectivity index (χ1v) is 33.9. The standard InChI is InChI=1S/C59H62N14O12S6/c1-27(2)43-57-72-46(38(91-57)22-85-5)50(80)61-21-41(75)69-47(48(78)29-10-7-6-8-11-29)56-66-37(25-88-56)54-64-35(23-87-54)45-32(52-65-36(24-86-52)49(79)63-34(20-40(74)60-4)55-71-44(28(3)90-55)51(81)70-43)17-18-33(62-45)53-67-39(26-89-53)68-59(84)73(19-9-12-42(76)77)31-15-13-30(14-16-31)58(82)83/h6-8,10-11,17-18,23-27,30-31,34,43,47-48,78H,9,12-16,19-22H2,1-5H3,(H,60,74)(H,61,80)(H,63,79)(H,68,84)(H,69,75)(H,70,81)(H,76,77)(H,82,83)/t30-,31-,34-,43?,47-,48-/m0/s1. The lowest BCUT2D eigenvalue weighted by atomic mass is 9.85. The molecule has 1 saturated carbocycles. The second-order valence-corrected chi connectivity index (χ2v) is 27.5. The van der Waals surface area contributed by atoms with Crippen LogP contribution in [-0.4, -0.2) is 136 Å². The van der Waals surface area contributed by atoms with Crippen LogP contribution >= 0.6 is 68.0 Å². The van der Waals surface area contributed by atoms with Gasteiger partial charge < -0.3 is 51.5 Å². The molecule has 1 unspecified atom stereocenters. The zero-order valence-corrected chi connectivity index (χ0v) is 54.4. The number of carboxylic acid groups (broad SMARTS) is 2. The minimum absolute atomic E-state index is 0.00296. The fourth-order valence-electron chi connectivity index (χ4n) is 10.3. The summed E-state index contributed by atoms with van der Waals surface area (Å²) in [7, 11) is 2.92. The van der Waals surface area contributed by atoms with Crippen molar-refractivity contribution >= 4 is 121 Å². The van der Waals surface area contributed by atoms with Crippen molar-refractivity contribution in [3.63, 3.8) is 0 Å². The predicted octanol–water partition coefficient (Wildman–Crippen LogP) is 8.65. The second-order valence-electron chi connectivity index (χ2n) is 21.6. The first-order chi connectivity index (χ1) is 43.7. The van der Waals surface area contributed by atoms with Gasteiger partial charge in [0, 0.05) is 65.1 Å².